The van der Waals surface area contributed by atoms with Gasteiger partial charge in [0, 0.05) is 11.5 Å². The summed E-state index contributed by atoms with van der Waals surface area (Å²) in [4.78, 5) is 0. The molecule has 1 aliphatic heterocycles. The van der Waals surface area contributed by atoms with Crippen molar-refractivity contribution >= 4 is 0 Å². The summed E-state index contributed by atoms with van der Waals surface area (Å²) in [6, 6.07) is -0.459. The van der Waals surface area contributed by atoms with Crippen molar-refractivity contribution in [3.8, 4) is 0 Å². The van der Waals surface area contributed by atoms with Gasteiger partial charge in [0.05, 0.1) is 0 Å². The van der Waals surface area contributed by atoms with Crippen LogP contribution in [0.1, 0.15) is 31.6 Å². The van der Waals surface area contributed by atoms with Gasteiger partial charge in [-0.1, -0.05) is 6.42 Å². The topological polar surface area (TPSA) is 12.0 Å². The first-order chi connectivity index (χ1) is 5.00. The lowest BCUT2D eigenvalue weighted by Crippen LogP contribution is -2.30. The highest BCUT2D eigenvalue weighted by molar-refractivity contribution is 4.65. The Hall–Kier alpha value is -0.0400. The zero-order valence-electron chi connectivity index (χ0n) is 8.28. The number of piperidine rings is 1. The quantitative estimate of drug-likeness (QED) is 0.485. The number of hydrogen-bond acceptors (Lipinski definition) is 1. The second-order valence-corrected chi connectivity index (χ2v) is 1.85. The zero-order valence-corrected chi connectivity index (χ0v) is 4.28. The SMILES string of the molecule is [2H]C1CCCC(C([2H])([2H])[2H])N1. The molecule has 0 aromatic carbocycles. The Balaban J connectivity index is 2.46. The largest absolute Gasteiger partial charge is 0.314 e. The standard InChI is InChI=1S/C6H13N/c1-6-4-2-3-5-7-6/h6-7H,2-5H2,1H3/i1D3,5D. The number of rotatable bonds is 0. The Morgan fingerprint density at radius 3 is 3.43 bits per heavy atom. The molecule has 0 spiro atoms. The Kier molecular flexibility index (Phi) is 0.680. The summed E-state index contributed by atoms with van der Waals surface area (Å²) in [5, 5.41) is 2.76. The first kappa shape index (κ1) is 2.06. The maximum Gasteiger partial charge on any atom is 0.0428 e. The third-order valence-corrected chi connectivity index (χ3v) is 1.16. The molecule has 1 heterocycles. The molecule has 1 N–H and O–H groups in total. The predicted molar refractivity (Wildman–Crippen MR) is 31.3 cm³/mol. The molecule has 0 bridgehead atoms. The molecule has 1 heteroatoms. The van der Waals surface area contributed by atoms with E-state index in [2.05, 4.69) is 5.32 Å². The minimum atomic E-state index is -1.93. The summed E-state index contributed by atoms with van der Waals surface area (Å²) in [5.41, 5.74) is 0. The van der Waals surface area contributed by atoms with Crippen molar-refractivity contribution in [1.82, 2.24) is 5.32 Å². The van der Waals surface area contributed by atoms with Gasteiger partial charge in [0.1, 0.15) is 0 Å². The molecule has 1 saturated heterocycles. The summed E-state index contributed by atoms with van der Waals surface area (Å²) >= 11 is 0. The molecule has 0 aliphatic carbocycles. The van der Waals surface area contributed by atoms with Gasteiger partial charge >= 0.3 is 0 Å². The van der Waals surface area contributed by atoms with Crippen molar-refractivity contribution in [2.45, 2.75) is 32.2 Å². The van der Waals surface area contributed by atoms with E-state index in [0.29, 0.717) is 6.42 Å². The van der Waals surface area contributed by atoms with Gasteiger partial charge in [0.25, 0.3) is 0 Å². The van der Waals surface area contributed by atoms with Gasteiger partial charge in [-0.25, -0.2) is 0 Å². The highest BCUT2D eigenvalue weighted by Crippen LogP contribution is 2.04. The van der Waals surface area contributed by atoms with Crippen molar-refractivity contribution in [3.63, 3.8) is 0 Å². The highest BCUT2D eigenvalue weighted by Gasteiger charge is 2.04. The van der Waals surface area contributed by atoms with E-state index in [9.17, 15) is 0 Å². The van der Waals surface area contributed by atoms with Gasteiger partial charge in [0.15, 0.2) is 0 Å². The monoisotopic (exact) mass is 103 g/mol. The minimum Gasteiger partial charge on any atom is -0.314 e. The van der Waals surface area contributed by atoms with Crippen LogP contribution in [-0.2, 0) is 0 Å². The Morgan fingerprint density at radius 2 is 2.86 bits per heavy atom. The lowest BCUT2D eigenvalue weighted by molar-refractivity contribution is 0.425. The summed E-state index contributed by atoms with van der Waals surface area (Å²) in [5.74, 6) is 0. The van der Waals surface area contributed by atoms with Gasteiger partial charge in [-0.05, 0) is 26.2 Å². The van der Waals surface area contributed by atoms with Crippen molar-refractivity contribution in [3.05, 3.63) is 0 Å². The molecule has 0 amide bonds. The average molecular weight is 103 g/mol. The van der Waals surface area contributed by atoms with Crippen LogP contribution in [0.25, 0.3) is 0 Å². The Morgan fingerprint density at radius 1 is 1.86 bits per heavy atom. The maximum absolute atomic E-state index is 7.32. The second kappa shape index (κ2) is 2.31. The van der Waals surface area contributed by atoms with Gasteiger partial charge in [-0.2, -0.15) is 0 Å². The van der Waals surface area contributed by atoms with E-state index in [1.165, 1.54) is 0 Å². The third-order valence-electron chi connectivity index (χ3n) is 1.16. The van der Waals surface area contributed by atoms with Crippen molar-refractivity contribution in [2.75, 3.05) is 6.52 Å². The molecule has 2 unspecified atom stereocenters. The van der Waals surface area contributed by atoms with E-state index in [-0.39, 0.29) is 6.52 Å². The first-order valence-electron chi connectivity index (χ1n) is 4.76. The van der Waals surface area contributed by atoms with Crippen molar-refractivity contribution in [1.29, 1.82) is 0 Å². The molecule has 42 valence electrons. The molecular weight excluding hydrogens is 86.1 g/mol. The van der Waals surface area contributed by atoms with Crippen LogP contribution < -0.4 is 5.32 Å². The molecule has 0 radical (unpaired) electrons. The first-order valence-corrected chi connectivity index (χ1v) is 2.68. The molecular formula is C6H13N. The average Bonchev–Trinajstić information content (AvgIpc) is 1.86. The summed E-state index contributed by atoms with van der Waals surface area (Å²) < 4.78 is 28.6. The number of hydrogen-bond donors (Lipinski definition) is 1. The molecule has 1 aliphatic rings. The van der Waals surface area contributed by atoms with E-state index >= 15 is 0 Å². The van der Waals surface area contributed by atoms with Crippen molar-refractivity contribution in [2.24, 2.45) is 0 Å². The van der Waals surface area contributed by atoms with E-state index < -0.39 is 12.9 Å². The second-order valence-electron chi connectivity index (χ2n) is 1.85. The van der Waals surface area contributed by atoms with Crippen LogP contribution in [0.3, 0.4) is 0 Å². The molecule has 7 heavy (non-hydrogen) atoms. The van der Waals surface area contributed by atoms with Gasteiger partial charge in [0.2, 0.25) is 0 Å². The molecule has 2 atom stereocenters. The minimum absolute atomic E-state index is 0.380. The fourth-order valence-electron chi connectivity index (χ4n) is 0.733. The Labute approximate surface area is 50.7 Å². The maximum atomic E-state index is 7.32. The smallest absolute Gasteiger partial charge is 0.0428 e. The lowest BCUT2D eigenvalue weighted by atomic mass is 10.1. The molecule has 1 rings (SSSR count). The van der Waals surface area contributed by atoms with Crippen LogP contribution in [-0.4, -0.2) is 12.6 Å². The fraction of sp³-hybridized carbons (Fsp3) is 1.00. The Bertz CT molecular complexity index is 133. The number of nitrogens with one attached hydrogen (secondary N) is 1. The van der Waals surface area contributed by atoms with E-state index in [4.69, 9.17) is 5.48 Å². The predicted octanol–water partition coefficient (Wildman–Crippen LogP) is 1.15. The zero-order chi connectivity index (χ0) is 8.48. The molecule has 1 nitrogen and oxygen atoms in total. The van der Waals surface area contributed by atoms with E-state index in [1.54, 1.807) is 0 Å². The van der Waals surface area contributed by atoms with Crippen LogP contribution in [0.5, 0.6) is 0 Å². The summed E-state index contributed by atoms with van der Waals surface area (Å²) in [7, 11) is 0. The summed E-state index contributed by atoms with van der Waals surface area (Å²) in [6.07, 6.45) is 2.29. The summed E-state index contributed by atoms with van der Waals surface area (Å²) in [6.45, 7) is -2.31. The fourth-order valence-corrected chi connectivity index (χ4v) is 0.733. The molecule has 0 saturated carbocycles. The normalized spacial score (nSPS) is 53.7. The van der Waals surface area contributed by atoms with Gasteiger partial charge < -0.3 is 5.32 Å². The van der Waals surface area contributed by atoms with Crippen LogP contribution in [0.2, 0.25) is 0 Å². The van der Waals surface area contributed by atoms with Crippen molar-refractivity contribution < 1.29 is 5.48 Å². The highest BCUT2D eigenvalue weighted by atomic mass is 14.9. The molecule has 1 fully saturated rings. The van der Waals surface area contributed by atoms with E-state index in [0.717, 1.165) is 12.8 Å². The van der Waals surface area contributed by atoms with Gasteiger partial charge in [-0.3, -0.25) is 0 Å². The van der Waals surface area contributed by atoms with Crippen LogP contribution in [0, 0.1) is 0 Å². The van der Waals surface area contributed by atoms with E-state index in [1.807, 2.05) is 0 Å². The molecule has 0 aromatic rings. The molecule has 0 aromatic heterocycles. The van der Waals surface area contributed by atoms with Crippen LogP contribution in [0.4, 0.5) is 0 Å². The van der Waals surface area contributed by atoms with Crippen LogP contribution >= 0.6 is 0 Å². The third kappa shape index (κ3) is 1.48. The lowest BCUT2D eigenvalue weighted by Gasteiger charge is -2.18. The van der Waals surface area contributed by atoms with Crippen LogP contribution in [0.15, 0.2) is 0 Å². The van der Waals surface area contributed by atoms with Gasteiger partial charge in [-0.15, -0.1) is 0 Å².